The molecule has 6 nitrogen and oxygen atoms in total. The fraction of sp³-hybridized carbons (Fsp3) is 0.562. The van der Waals surface area contributed by atoms with Gasteiger partial charge in [0.25, 0.3) is 0 Å². The lowest BCUT2D eigenvalue weighted by Gasteiger charge is -2.13. The highest BCUT2D eigenvalue weighted by atomic mass is 32.1. The first-order chi connectivity index (χ1) is 11.0. The van der Waals surface area contributed by atoms with Gasteiger partial charge in [-0.25, -0.2) is 4.79 Å². The van der Waals surface area contributed by atoms with Crippen molar-refractivity contribution in [2.24, 2.45) is 5.92 Å². The number of nitrogens with one attached hydrogen (secondary N) is 1. The number of amides is 2. The van der Waals surface area contributed by atoms with Crippen molar-refractivity contribution in [2.75, 3.05) is 25.0 Å². The predicted molar refractivity (Wildman–Crippen MR) is 88.6 cm³/mol. The van der Waals surface area contributed by atoms with Gasteiger partial charge in [-0.3, -0.25) is 9.59 Å². The van der Waals surface area contributed by atoms with Crippen molar-refractivity contribution >= 4 is 34.1 Å². The van der Waals surface area contributed by atoms with Crippen molar-refractivity contribution in [3.63, 3.8) is 0 Å². The van der Waals surface area contributed by atoms with E-state index in [2.05, 4.69) is 5.32 Å². The van der Waals surface area contributed by atoms with E-state index in [1.807, 2.05) is 13.8 Å². The lowest BCUT2D eigenvalue weighted by atomic mass is 10.1. The molecule has 1 fully saturated rings. The van der Waals surface area contributed by atoms with Gasteiger partial charge in [-0.15, -0.1) is 11.3 Å². The van der Waals surface area contributed by atoms with Crippen LogP contribution in [-0.2, 0) is 20.7 Å². The maximum Gasteiger partial charge on any atom is 0.341 e. The summed E-state index contributed by atoms with van der Waals surface area (Å²) < 4.78 is 5.04. The minimum absolute atomic E-state index is 0.00121. The highest BCUT2D eigenvalue weighted by Gasteiger charge is 2.34. The van der Waals surface area contributed by atoms with Gasteiger partial charge in [0.15, 0.2) is 0 Å². The van der Waals surface area contributed by atoms with E-state index < -0.39 is 5.97 Å². The Bertz CT molecular complexity index is 611. The second kappa shape index (κ2) is 7.59. The van der Waals surface area contributed by atoms with Crippen molar-refractivity contribution in [1.29, 1.82) is 0 Å². The number of rotatable bonds is 6. The molecule has 1 aromatic rings. The zero-order valence-corrected chi connectivity index (χ0v) is 14.5. The molecule has 1 saturated heterocycles. The molecule has 23 heavy (non-hydrogen) atoms. The van der Waals surface area contributed by atoms with Crippen LogP contribution in [0, 0.1) is 5.92 Å². The number of carbonyl (C=O) groups is 3. The number of esters is 1. The van der Waals surface area contributed by atoms with E-state index in [1.54, 1.807) is 17.9 Å². The van der Waals surface area contributed by atoms with Crippen molar-refractivity contribution < 1.29 is 19.1 Å². The van der Waals surface area contributed by atoms with Crippen molar-refractivity contribution in [2.45, 2.75) is 33.6 Å². The summed E-state index contributed by atoms with van der Waals surface area (Å²) in [5.41, 5.74) is 0.388. The number of likely N-dealkylation sites (tertiary alicyclic amines) is 1. The average molecular weight is 338 g/mol. The monoisotopic (exact) mass is 338 g/mol. The first-order valence-corrected chi connectivity index (χ1v) is 8.70. The topological polar surface area (TPSA) is 75.7 Å². The summed E-state index contributed by atoms with van der Waals surface area (Å²) in [5, 5.41) is 3.32. The normalized spacial score (nSPS) is 17.4. The van der Waals surface area contributed by atoms with Crippen LogP contribution in [0.2, 0.25) is 0 Å². The summed E-state index contributed by atoms with van der Waals surface area (Å²) in [6.45, 7) is 6.95. The third kappa shape index (κ3) is 3.90. The van der Waals surface area contributed by atoms with E-state index >= 15 is 0 Å². The number of ether oxygens (including phenoxy) is 1. The van der Waals surface area contributed by atoms with Crippen molar-refractivity contribution in [3.05, 3.63) is 16.5 Å². The quantitative estimate of drug-likeness (QED) is 0.808. The first kappa shape index (κ1) is 17.5. The third-order valence-corrected chi connectivity index (χ3v) is 5.03. The molecule has 0 bridgehead atoms. The molecule has 1 aliphatic rings. The zero-order valence-electron chi connectivity index (χ0n) is 13.7. The lowest BCUT2D eigenvalue weighted by Crippen LogP contribution is -2.28. The van der Waals surface area contributed by atoms with Gasteiger partial charge in [0.2, 0.25) is 11.8 Å². The maximum atomic E-state index is 12.4. The summed E-state index contributed by atoms with van der Waals surface area (Å²) >= 11 is 1.38. The molecule has 0 radical (unpaired) electrons. The maximum absolute atomic E-state index is 12.4. The summed E-state index contributed by atoms with van der Waals surface area (Å²) in [7, 11) is 0. The van der Waals surface area contributed by atoms with Gasteiger partial charge in [0, 0.05) is 24.4 Å². The van der Waals surface area contributed by atoms with Crippen LogP contribution in [0.4, 0.5) is 5.00 Å². The first-order valence-electron chi connectivity index (χ1n) is 7.88. The van der Waals surface area contributed by atoms with Gasteiger partial charge < -0.3 is 15.0 Å². The molecule has 0 spiro atoms. The van der Waals surface area contributed by atoms with Crippen LogP contribution in [0.25, 0.3) is 0 Å². The fourth-order valence-corrected chi connectivity index (χ4v) is 3.52. The highest BCUT2D eigenvalue weighted by molar-refractivity contribution is 7.16. The molecule has 2 rings (SSSR count). The van der Waals surface area contributed by atoms with Crippen LogP contribution in [0.5, 0.6) is 0 Å². The van der Waals surface area contributed by atoms with Crippen LogP contribution in [0.1, 0.15) is 42.4 Å². The second-order valence-corrected chi connectivity index (χ2v) is 6.49. The van der Waals surface area contributed by atoms with Gasteiger partial charge in [0.1, 0.15) is 5.00 Å². The molecule has 0 aliphatic carbocycles. The Kier molecular flexibility index (Phi) is 5.76. The Hall–Kier alpha value is -1.89. The Morgan fingerprint density at radius 3 is 2.70 bits per heavy atom. The molecule has 1 unspecified atom stereocenters. The Balaban J connectivity index is 2.13. The molecule has 1 aliphatic heterocycles. The molecule has 1 atom stereocenters. The minimum atomic E-state index is -0.434. The minimum Gasteiger partial charge on any atom is -0.462 e. The summed E-state index contributed by atoms with van der Waals surface area (Å²) in [6.07, 6.45) is 0.999. The summed E-state index contributed by atoms with van der Waals surface area (Å²) in [6, 6.07) is 1.76. The number of carbonyl (C=O) groups excluding carboxylic acids is 3. The van der Waals surface area contributed by atoms with Crippen LogP contribution in [0.15, 0.2) is 6.07 Å². The molecule has 2 heterocycles. The van der Waals surface area contributed by atoms with Gasteiger partial charge in [-0.05, 0) is 26.3 Å². The third-order valence-electron chi connectivity index (χ3n) is 3.83. The van der Waals surface area contributed by atoms with Gasteiger partial charge in [-0.1, -0.05) is 6.92 Å². The van der Waals surface area contributed by atoms with E-state index in [-0.39, 0.29) is 30.8 Å². The smallest absolute Gasteiger partial charge is 0.341 e. The zero-order chi connectivity index (χ0) is 17.0. The number of thiophene rings is 1. The van der Waals surface area contributed by atoms with Crippen molar-refractivity contribution in [1.82, 2.24) is 4.90 Å². The van der Waals surface area contributed by atoms with Gasteiger partial charge in [0.05, 0.1) is 18.1 Å². The van der Waals surface area contributed by atoms with Crippen LogP contribution < -0.4 is 5.32 Å². The van der Waals surface area contributed by atoms with E-state index in [0.717, 1.165) is 11.3 Å². The molecule has 0 saturated carbocycles. The molecule has 0 aromatic carbocycles. The van der Waals surface area contributed by atoms with Crippen LogP contribution in [-0.4, -0.2) is 42.4 Å². The van der Waals surface area contributed by atoms with Gasteiger partial charge >= 0.3 is 5.97 Å². The lowest BCUT2D eigenvalue weighted by molar-refractivity contribution is -0.128. The van der Waals surface area contributed by atoms with E-state index in [4.69, 9.17) is 4.74 Å². The number of nitrogens with zero attached hydrogens (tertiary/aromatic N) is 1. The number of aryl methyl sites for hydroxylation is 1. The number of hydrogen-bond acceptors (Lipinski definition) is 5. The number of anilines is 1. The molecule has 1 aromatic heterocycles. The predicted octanol–water partition coefficient (Wildman–Crippen LogP) is 2.29. The standard InChI is InChI=1S/C16H22N2O4S/c1-4-11-8-12(16(21)22-6-3)15(23-11)17-14(20)10-7-13(19)18(5-2)9-10/h8,10H,4-7,9H2,1-3H3,(H,17,20). The van der Waals surface area contributed by atoms with Crippen LogP contribution >= 0.6 is 11.3 Å². The molecular formula is C16H22N2O4S. The highest BCUT2D eigenvalue weighted by Crippen LogP contribution is 2.30. The largest absolute Gasteiger partial charge is 0.462 e. The van der Waals surface area contributed by atoms with E-state index in [9.17, 15) is 14.4 Å². The molecule has 1 N–H and O–H groups in total. The molecule has 7 heteroatoms. The molecule has 126 valence electrons. The summed E-state index contributed by atoms with van der Waals surface area (Å²) in [4.78, 5) is 38.9. The fourth-order valence-electron chi connectivity index (χ4n) is 2.54. The summed E-state index contributed by atoms with van der Waals surface area (Å²) in [5.74, 6) is -1.02. The molecule has 2 amide bonds. The SMILES string of the molecule is CCOC(=O)c1cc(CC)sc1NC(=O)C1CC(=O)N(CC)C1. The Morgan fingerprint density at radius 1 is 1.39 bits per heavy atom. The second-order valence-electron chi connectivity index (χ2n) is 5.35. The van der Waals surface area contributed by atoms with E-state index in [1.165, 1.54) is 11.3 Å². The Labute approximate surface area is 139 Å². The van der Waals surface area contributed by atoms with E-state index in [0.29, 0.717) is 23.7 Å². The average Bonchev–Trinajstić information content (AvgIpc) is 3.10. The number of hydrogen-bond donors (Lipinski definition) is 1. The van der Waals surface area contributed by atoms with Crippen LogP contribution in [0.3, 0.4) is 0 Å². The Morgan fingerprint density at radius 2 is 2.13 bits per heavy atom. The molecular weight excluding hydrogens is 316 g/mol. The van der Waals surface area contributed by atoms with Gasteiger partial charge in [-0.2, -0.15) is 0 Å². The van der Waals surface area contributed by atoms with Crippen molar-refractivity contribution in [3.8, 4) is 0 Å².